The van der Waals surface area contributed by atoms with Crippen LogP contribution in [0, 0.1) is 10.1 Å². The minimum absolute atomic E-state index is 0.0346. The number of amides is 3. The topological polar surface area (TPSA) is 95.8 Å². The molecule has 0 unspecified atom stereocenters. The molecule has 0 aliphatic carbocycles. The van der Waals surface area contributed by atoms with E-state index in [9.17, 15) is 19.7 Å². The van der Waals surface area contributed by atoms with Crippen molar-refractivity contribution in [3.8, 4) is 0 Å². The van der Waals surface area contributed by atoms with Gasteiger partial charge in [0.25, 0.3) is 11.6 Å². The van der Waals surface area contributed by atoms with Gasteiger partial charge in [-0.1, -0.05) is 6.07 Å². The molecule has 3 amide bonds. The van der Waals surface area contributed by atoms with Crippen LogP contribution in [0.3, 0.4) is 0 Å². The van der Waals surface area contributed by atoms with E-state index >= 15 is 0 Å². The maximum atomic E-state index is 11.7. The van der Waals surface area contributed by atoms with Gasteiger partial charge in [0.15, 0.2) is 0 Å². The Labute approximate surface area is 115 Å². The van der Waals surface area contributed by atoms with Crippen LogP contribution in [-0.4, -0.2) is 47.3 Å². The van der Waals surface area contributed by atoms with Gasteiger partial charge in [-0.15, -0.1) is 0 Å². The Morgan fingerprint density at radius 2 is 2.10 bits per heavy atom. The Balaban J connectivity index is 2.26. The third-order valence-electron chi connectivity index (χ3n) is 3.10. The maximum Gasteiger partial charge on any atom is 0.327 e. The van der Waals surface area contributed by atoms with Crippen LogP contribution in [0.4, 0.5) is 16.2 Å². The SMILES string of the molecule is CNc1ccc(CN2C(=O)CN(C)C2=O)cc1[N+](=O)[O-]. The highest BCUT2D eigenvalue weighted by Gasteiger charge is 2.33. The van der Waals surface area contributed by atoms with Crippen LogP contribution >= 0.6 is 0 Å². The van der Waals surface area contributed by atoms with E-state index in [1.807, 2.05) is 0 Å². The number of anilines is 1. The van der Waals surface area contributed by atoms with Crippen molar-refractivity contribution in [3.05, 3.63) is 33.9 Å². The molecule has 1 N–H and O–H groups in total. The van der Waals surface area contributed by atoms with Gasteiger partial charge >= 0.3 is 6.03 Å². The average Bonchev–Trinajstić information content (AvgIpc) is 2.65. The zero-order valence-electron chi connectivity index (χ0n) is 11.1. The van der Waals surface area contributed by atoms with Gasteiger partial charge < -0.3 is 10.2 Å². The standard InChI is InChI=1S/C12H14N4O4/c1-13-9-4-3-8(5-10(9)16(19)20)6-15-11(17)7-14(2)12(15)18/h3-5,13H,6-7H2,1-2H3. The average molecular weight is 278 g/mol. The summed E-state index contributed by atoms with van der Waals surface area (Å²) in [5.41, 5.74) is 0.833. The summed E-state index contributed by atoms with van der Waals surface area (Å²) in [6.45, 7) is 0.0718. The highest BCUT2D eigenvalue weighted by Crippen LogP contribution is 2.26. The molecule has 8 heteroatoms. The number of carbonyl (C=O) groups is 2. The monoisotopic (exact) mass is 278 g/mol. The van der Waals surface area contributed by atoms with Crippen LogP contribution in [0.15, 0.2) is 18.2 Å². The third-order valence-corrected chi connectivity index (χ3v) is 3.10. The number of hydrogen-bond donors (Lipinski definition) is 1. The van der Waals surface area contributed by atoms with Gasteiger partial charge in [-0.05, 0) is 11.6 Å². The highest BCUT2D eigenvalue weighted by atomic mass is 16.6. The van der Waals surface area contributed by atoms with Crippen LogP contribution in [-0.2, 0) is 11.3 Å². The number of nitrogens with one attached hydrogen (secondary N) is 1. The molecular formula is C12H14N4O4. The number of imide groups is 1. The van der Waals surface area contributed by atoms with Crippen LogP contribution in [0.1, 0.15) is 5.56 Å². The molecule has 0 spiro atoms. The van der Waals surface area contributed by atoms with E-state index in [0.29, 0.717) is 11.3 Å². The maximum absolute atomic E-state index is 11.7. The summed E-state index contributed by atoms with van der Waals surface area (Å²) in [4.78, 5) is 36.2. The Morgan fingerprint density at radius 1 is 1.40 bits per heavy atom. The lowest BCUT2D eigenvalue weighted by Gasteiger charge is -2.14. The summed E-state index contributed by atoms with van der Waals surface area (Å²) in [5, 5.41) is 13.7. The largest absolute Gasteiger partial charge is 0.383 e. The quantitative estimate of drug-likeness (QED) is 0.504. The summed E-state index contributed by atoms with van der Waals surface area (Å²) in [6.07, 6.45) is 0. The van der Waals surface area contributed by atoms with Crippen molar-refractivity contribution in [1.82, 2.24) is 9.80 Å². The molecule has 0 aromatic heterocycles. The van der Waals surface area contributed by atoms with Gasteiger partial charge in [0, 0.05) is 20.2 Å². The van der Waals surface area contributed by atoms with E-state index in [4.69, 9.17) is 0 Å². The van der Waals surface area contributed by atoms with Crippen LogP contribution < -0.4 is 5.32 Å². The van der Waals surface area contributed by atoms with E-state index in [1.165, 1.54) is 18.0 Å². The molecule has 106 valence electrons. The first-order valence-electron chi connectivity index (χ1n) is 5.94. The second-order valence-corrected chi connectivity index (χ2v) is 4.48. The number of likely N-dealkylation sites (N-methyl/N-ethyl adjacent to an activating group) is 1. The fraction of sp³-hybridized carbons (Fsp3) is 0.333. The van der Waals surface area contributed by atoms with Gasteiger partial charge in [-0.2, -0.15) is 0 Å². The molecule has 1 aromatic carbocycles. The molecule has 1 heterocycles. The fourth-order valence-corrected chi connectivity index (χ4v) is 2.05. The number of hydrogen-bond acceptors (Lipinski definition) is 5. The second-order valence-electron chi connectivity index (χ2n) is 4.48. The van der Waals surface area contributed by atoms with Crippen LogP contribution in [0.25, 0.3) is 0 Å². The molecule has 20 heavy (non-hydrogen) atoms. The predicted octanol–water partition coefficient (Wildman–Crippen LogP) is 1.03. The molecule has 2 rings (SSSR count). The zero-order valence-corrected chi connectivity index (χ0v) is 11.1. The Bertz CT molecular complexity index is 587. The lowest BCUT2D eigenvalue weighted by Crippen LogP contribution is -2.31. The Morgan fingerprint density at radius 3 is 2.60 bits per heavy atom. The van der Waals surface area contributed by atoms with E-state index in [0.717, 1.165) is 4.90 Å². The second kappa shape index (κ2) is 5.16. The summed E-state index contributed by atoms with van der Waals surface area (Å²) in [6, 6.07) is 4.18. The van der Waals surface area contributed by atoms with Gasteiger partial charge in [-0.25, -0.2) is 4.79 Å². The van der Waals surface area contributed by atoms with E-state index in [1.54, 1.807) is 19.2 Å². The molecule has 1 aromatic rings. The number of urea groups is 1. The normalized spacial score (nSPS) is 14.9. The number of carbonyl (C=O) groups excluding carboxylic acids is 2. The molecule has 1 aliphatic rings. The van der Waals surface area contributed by atoms with E-state index < -0.39 is 11.0 Å². The van der Waals surface area contributed by atoms with Crippen molar-refractivity contribution in [3.63, 3.8) is 0 Å². The number of benzene rings is 1. The van der Waals surface area contributed by atoms with Gasteiger partial charge in [0.2, 0.25) is 0 Å². The lowest BCUT2D eigenvalue weighted by molar-refractivity contribution is -0.384. The molecule has 8 nitrogen and oxygen atoms in total. The van der Waals surface area contributed by atoms with Crippen molar-refractivity contribution in [2.75, 3.05) is 26.0 Å². The Hall–Kier alpha value is -2.64. The van der Waals surface area contributed by atoms with Gasteiger partial charge in [0.05, 0.1) is 11.5 Å². The Kier molecular flexibility index (Phi) is 3.55. The minimum atomic E-state index is -0.505. The summed E-state index contributed by atoms with van der Waals surface area (Å²) in [5.74, 6) is -0.308. The molecule has 1 fully saturated rings. The smallest absolute Gasteiger partial charge is 0.327 e. The summed E-state index contributed by atoms with van der Waals surface area (Å²) >= 11 is 0. The molecule has 0 atom stereocenters. The number of nitro groups is 1. The number of rotatable bonds is 4. The first-order chi connectivity index (χ1) is 9.43. The van der Waals surface area contributed by atoms with Crippen LogP contribution in [0.5, 0.6) is 0 Å². The molecule has 0 saturated carbocycles. The van der Waals surface area contributed by atoms with Crippen LogP contribution in [0.2, 0.25) is 0 Å². The number of nitrogens with zero attached hydrogens (tertiary/aromatic N) is 3. The van der Waals surface area contributed by atoms with E-state index in [2.05, 4.69) is 5.32 Å². The van der Waals surface area contributed by atoms with Crippen molar-refractivity contribution in [2.24, 2.45) is 0 Å². The molecule has 0 radical (unpaired) electrons. The fourth-order valence-electron chi connectivity index (χ4n) is 2.05. The first-order valence-corrected chi connectivity index (χ1v) is 5.94. The van der Waals surface area contributed by atoms with E-state index in [-0.39, 0.29) is 24.7 Å². The lowest BCUT2D eigenvalue weighted by atomic mass is 10.1. The van der Waals surface area contributed by atoms with Gasteiger partial charge in [0.1, 0.15) is 12.2 Å². The summed E-state index contributed by atoms with van der Waals surface area (Å²) < 4.78 is 0. The molecule has 0 bridgehead atoms. The van der Waals surface area contributed by atoms with Crippen molar-refractivity contribution >= 4 is 23.3 Å². The molecular weight excluding hydrogens is 264 g/mol. The third kappa shape index (κ3) is 2.40. The van der Waals surface area contributed by atoms with Crippen molar-refractivity contribution in [2.45, 2.75) is 6.54 Å². The predicted molar refractivity (Wildman–Crippen MR) is 71.2 cm³/mol. The zero-order chi connectivity index (χ0) is 14.9. The number of nitro benzene ring substituents is 1. The molecule has 1 aliphatic heterocycles. The van der Waals surface area contributed by atoms with Crippen molar-refractivity contribution < 1.29 is 14.5 Å². The molecule has 1 saturated heterocycles. The van der Waals surface area contributed by atoms with Crippen molar-refractivity contribution in [1.29, 1.82) is 0 Å². The highest BCUT2D eigenvalue weighted by molar-refractivity contribution is 6.01. The first kappa shape index (κ1) is 13.8. The summed E-state index contributed by atoms with van der Waals surface area (Å²) in [7, 11) is 3.12. The van der Waals surface area contributed by atoms with Gasteiger partial charge in [-0.3, -0.25) is 19.8 Å². The minimum Gasteiger partial charge on any atom is -0.383 e.